The van der Waals surface area contributed by atoms with E-state index in [-0.39, 0.29) is 12.0 Å². The summed E-state index contributed by atoms with van der Waals surface area (Å²) in [5.41, 5.74) is 0.580. The number of aromatic nitrogens is 2. The number of piperidine rings is 1. The van der Waals surface area contributed by atoms with Crippen LogP contribution in [0, 0.1) is 5.92 Å². The van der Waals surface area contributed by atoms with Crippen molar-refractivity contribution in [2.45, 2.75) is 18.9 Å². The van der Waals surface area contributed by atoms with Crippen LogP contribution in [0.15, 0.2) is 61.1 Å². The van der Waals surface area contributed by atoms with E-state index in [0.29, 0.717) is 41.2 Å². The van der Waals surface area contributed by atoms with Gasteiger partial charge in [-0.3, -0.25) is 9.69 Å². The quantitative estimate of drug-likeness (QED) is 0.598. The Hall–Kier alpha value is -3.03. The Morgan fingerprint density at radius 2 is 1.94 bits per heavy atom. The first-order valence-corrected chi connectivity index (χ1v) is 11.7. The van der Waals surface area contributed by atoms with Gasteiger partial charge in [-0.25, -0.2) is 4.98 Å². The van der Waals surface area contributed by atoms with Gasteiger partial charge in [-0.05, 0) is 68.2 Å². The number of likely N-dealkylation sites (tertiary alicyclic amines) is 1. The Kier molecular flexibility index (Phi) is 6.51. The van der Waals surface area contributed by atoms with E-state index in [9.17, 15) is 4.79 Å². The summed E-state index contributed by atoms with van der Waals surface area (Å²) < 4.78 is 13.8. The largest absolute Gasteiger partial charge is 0.486 e. The van der Waals surface area contributed by atoms with Crippen LogP contribution in [0.1, 0.15) is 23.2 Å². The standard InChI is InChI=1S/C25H27ClN4O3/c26-21-4-3-5-22-24(21)33-20(17-32-22)16-29-12-8-18(9-13-29)14-28-25(31)19-6-7-23(27-15-19)30-10-1-2-11-30/h1-7,10-11,15,18,20H,8-9,12-14,16-17H2,(H,28,31). The highest BCUT2D eigenvalue weighted by Gasteiger charge is 2.27. The molecule has 0 aliphatic carbocycles. The van der Waals surface area contributed by atoms with Crippen LogP contribution in [0.2, 0.25) is 5.02 Å². The molecule has 0 radical (unpaired) electrons. The maximum absolute atomic E-state index is 12.5. The minimum Gasteiger partial charge on any atom is -0.486 e. The second kappa shape index (κ2) is 9.85. The molecule has 4 heterocycles. The number of amides is 1. The topological polar surface area (TPSA) is 68.6 Å². The first-order valence-electron chi connectivity index (χ1n) is 11.3. The van der Waals surface area contributed by atoms with Crippen molar-refractivity contribution in [3.63, 3.8) is 0 Å². The number of pyridine rings is 1. The predicted octanol–water partition coefficient (Wildman–Crippen LogP) is 3.81. The molecule has 1 aromatic carbocycles. The number of nitrogens with zero attached hydrogens (tertiary/aromatic N) is 3. The lowest BCUT2D eigenvalue weighted by molar-refractivity contribution is 0.0477. The average Bonchev–Trinajstić information content (AvgIpc) is 3.39. The Bertz CT molecular complexity index is 1080. The van der Waals surface area contributed by atoms with Crippen LogP contribution in [0.25, 0.3) is 5.82 Å². The zero-order valence-corrected chi connectivity index (χ0v) is 19.1. The summed E-state index contributed by atoms with van der Waals surface area (Å²) in [4.78, 5) is 19.3. The number of ether oxygens (including phenoxy) is 2. The van der Waals surface area contributed by atoms with Gasteiger partial charge >= 0.3 is 0 Å². The number of carbonyl (C=O) groups is 1. The Labute approximate surface area is 198 Å². The molecule has 1 fully saturated rings. The van der Waals surface area contributed by atoms with Gasteiger partial charge in [0.1, 0.15) is 18.5 Å². The highest BCUT2D eigenvalue weighted by atomic mass is 35.5. The zero-order chi connectivity index (χ0) is 22.6. The van der Waals surface area contributed by atoms with Crippen LogP contribution >= 0.6 is 11.6 Å². The average molecular weight is 467 g/mol. The maximum atomic E-state index is 12.5. The maximum Gasteiger partial charge on any atom is 0.252 e. The van der Waals surface area contributed by atoms with E-state index >= 15 is 0 Å². The Morgan fingerprint density at radius 3 is 2.70 bits per heavy atom. The summed E-state index contributed by atoms with van der Waals surface area (Å²) in [7, 11) is 0. The second-order valence-electron chi connectivity index (χ2n) is 8.57. The number of rotatable bonds is 6. The highest BCUT2D eigenvalue weighted by molar-refractivity contribution is 6.32. The van der Waals surface area contributed by atoms with Gasteiger partial charge < -0.3 is 19.4 Å². The number of hydrogen-bond donors (Lipinski definition) is 1. The number of para-hydroxylation sites is 1. The van der Waals surface area contributed by atoms with Crippen molar-refractivity contribution in [2.75, 3.05) is 32.8 Å². The summed E-state index contributed by atoms with van der Waals surface area (Å²) in [6, 6.07) is 13.1. The molecular weight excluding hydrogens is 440 g/mol. The van der Waals surface area contributed by atoms with Gasteiger partial charge in [0, 0.05) is 31.7 Å². The summed E-state index contributed by atoms with van der Waals surface area (Å²) in [5.74, 6) is 2.54. The first kappa shape index (κ1) is 21.8. The van der Waals surface area contributed by atoms with Crippen LogP contribution in [0.3, 0.4) is 0 Å². The lowest BCUT2D eigenvalue weighted by Gasteiger charge is -2.35. The lowest BCUT2D eigenvalue weighted by Crippen LogP contribution is -2.45. The summed E-state index contributed by atoms with van der Waals surface area (Å²) in [5, 5.41) is 3.66. The third-order valence-electron chi connectivity index (χ3n) is 6.24. The molecule has 2 aliphatic rings. The fourth-order valence-corrected chi connectivity index (χ4v) is 4.56. The molecule has 7 nitrogen and oxygen atoms in total. The van der Waals surface area contributed by atoms with Crippen molar-refractivity contribution >= 4 is 17.5 Å². The van der Waals surface area contributed by atoms with Gasteiger partial charge in [-0.15, -0.1) is 0 Å². The Balaban J connectivity index is 1.05. The number of carbonyl (C=O) groups excluding carboxylic acids is 1. The van der Waals surface area contributed by atoms with Crippen molar-refractivity contribution in [1.82, 2.24) is 19.8 Å². The van der Waals surface area contributed by atoms with Crippen molar-refractivity contribution in [3.05, 3.63) is 71.6 Å². The molecule has 1 unspecified atom stereocenters. The number of halogens is 1. The number of nitrogens with one attached hydrogen (secondary N) is 1. The minimum absolute atomic E-state index is 0.0318. The third-order valence-corrected chi connectivity index (χ3v) is 6.54. The van der Waals surface area contributed by atoms with Gasteiger partial charge in [-0.2, -0.15) is 0 Å². The van der Waals surface area contributed by atoms with E-state index in [1.165, 1.54) is 0 Å². The molecule has 1 atom stereocenters. The zero-order valence-electron chi connectivity index (χ0n) is 18.3. The summed E-state index contributed by atoms with van der Waals surface area (Å²) >= 11 is 6.25. The van der Waals surface area contributed by atoms with Gasteiger partial charge in [0.05, 0.1) is 10.6 Å². The number of benzene rings is 1. The monoisotopic (exact) mass is 466 g/mol. The van der Waals surface area contributed by atoms with E-state index in [1.807, 2.05) is 59.4 Å². The molecule has 2 aromatic heterocycles. The van der Waals surface area contributed by atoms with E-state index in [2.05, 4.69) is 15.2 Å². The smallest absolute Gasteiger partial charge is 0.252 e. The van der Waals surface area contributed by atoms with Crippen LogP contribution < -0.4 is 14.8 Å². The van der Waals surface area contributed by atoms with Crippen molar-refractivity contribution in [1.29, 1.82) is 0 Å². The van der Waals surface area contributed by atoms with Crippen molar-refractivity contribution in [3.8, 4) is 17.3 Å². The predicted molar refractivity (Wildman–Crippen MR) is 126 cm³/mol. The van der Waals surface area contributed by atoms with E-state index in [4.69, 9.17) is 21.1 Å². The van der Waals surface area contributed by atoms with Gasteiger partial charge in [-0.1, -0.05) is 17.7 Å². The SMILES string of the molecule is O=C(NCC1CCN(CC2COc3cccc(Cl)c3O2)CC1)c1ccc(-n2cccc2)nc1. The van der Waals surface area contributed by atoms with Crippen LogP contribution in [0.5, 0.6) is 11.5 Å². The normalized spacial score (nSPS) is 18.8. The Morgan fingerprint density at radius 1 is 1.12 bits per heavy atom. The molecule has 1 saturated heterocycles. The molecule has 3 aromatic rings. The minimum atomic E-state index is -0.0766. The van der Waals surface area contributed by atoms with E-state index in [0.717, 1.165) is 38.3 Å². The third kappa shape index (κ3) is 5.15. The first-order chi connectivity index (χ1) is 16.2. The molecule has 0 bridgehead atoms. The lowest BCUT2D eigenvalue weighted by atomic mass is 9.96. The van der Waals surface area contributed by atoms with Gasteiger partial charge in [0.2, 0.25) is 0 Å². The molecule has 1 N–H and O–H groups in total. The fraction of sp³-hybridized carbons (Fsp3) is 0.360. The van der Waals surface area contributed by atoms with Gasteiger partial charge in [0.15, 0.2) is 11.5 Å². The molecule has 1 amide bonds. The molecule has 8 heteroatoms. The van der Waals surface area contributed by atoms with Crippen LogP contribution in [-0.2, 0) is 0 Å². The molecule has 0 saturated carbocycles. The molecular formula is C25H27ClN4O3. The highest BCUT2D eigenvalue weighted by Crippen LogP contribution is 2.38. The summed E-state index contributed by atoms with van der Waals surface area (Å²) in [6.07, 6.45) is 7.53. The van der Waals surface area contributed by atoms with E-state index in [1.54, 1.807) is 6.20 Å². The molecule has 0 spiro atoms. The second-order valence-corrected chi connectivity index (χ2v) is 8.97. The van der Waals surface area contributed by atoms with Crippen molar-refractivity contribution < 1.29 is 14.3 Å². The molecule has 33 heavy (non-hydrogen) atoms. The molecule has 2 aliphatic heterocycles. The molecule has 172 valence electrons. The van der Waals surface area contributed by atoms with Gasteiger partial charge in [0.25, 0.3) is 5.91 Å². The van der Waals surface area contributed by atoms with Crippen LogP contribution in [0.4, 0.5) is 0 Å². The molecule has 5 rings (SSSR count). The number of hydrogen-bond acceptors (Lipinski definition) is 5. The summed E-state index contributed by atoms with van der Waals surface area (Å²) in [6.45, 7) is 3.97. The fourth-order valence-electron chi connectivity index (χ4n) is 4.35. The number of fused-ring (bicyclic) bond motifs is 1. The van der Waals surface area contributed by atoms with E-state index < -0.39 is 0 Å². The van der Waals surface area contributed by atoms with Crippen molar-refractivity contribution in [2.24, 2.45) is 5.92 Å². The van der Waals surface area contributed by atoms with Crippen LogP contribution in [-0.4, -0.2) is 59.2 Å².